The molecule has 2 atom stereocenters. The molecule has 0 heterocycles. The highest BCUT2D eigenvalue weighted by molar-refractivity contribution is 5.36. The van der Waals surface area contributed by atoms with E-state index in [0.717, 1.165) is 25.3 Å². The van der Waals surface area contributed by atoms with Crippen LogP contribution >= 0.6 is 0 Å². The summed E-state index contributed by atoms with van der Waals surface area (Å²) in [7, 11) is 2.21. The number of benzene rings is 1. The van der Waals surface area contributed by atoms with Crippen molar-refractivity contribution in [2.45, 2.75) is 52.6 Å². The Bertz CT molecular complexity index is 395. The third-order valence-corrected chi connectivity index (χ3v) is 4.05. The van der Waals surface area contributed by atoms with Gasteiger partial charge in [-0.25, -0.2) is 0 Å². The molecule has 0 aliphatic heterocycles. The second-order valence-electron chi connectivity index (χ2n) is 5.67. The van der Waals surface area contributed by atoms with Crippen molar-refractivity contribution in [1.82, 2.24) is 10.2 Å². The summed E-state index contributed by atoms with van der Waals surface area (Å²) in [5.74, 6) is 1.01. The summed E-state index contributed by atoms with van der Waals surface area (Å²) in [6, 6.07) is 9.30. The molecule has 120 valence electrons. The average Bonchev–Trinajstić information content (AvgIpc) is 2.51. The quantitative estimate of drug-likeness (QED) is 0.709. The molecule has 0 bridgehead atoms. The fourth-order valence-corrected chi connectivity index (χ4v) is 2.43. The van der Waals surface area contributed by atoms with Gasteiger partial charge < -0.3 is 15.0 Å². The van der Waals surface area contributed by atoms with Gasteiger partial charge in [0.1, 0.15) is 5.75 Å². The molecule has 3 nitrogen and oxygen atoms in total. The van der Waals surface area contributed by atoms with Gasteiger partial charge in [-0.15, -0.1) is 0 Å². The summed E-state index contributed by atoms with van der Waals surface area (Å²) in [6.45, 7) is 11.5. The average molecular weight is 292 g/mol. The van der Waals surface area contributed by atoms with Crippen molar-refractivity contribution < 1.29 is 4.74 Å². The summed E-state index contributed by atoms with van der Waals surface area (Å²) in [5, 5.41) is 3.67. The zero-order valence-corrected chi connectivity index (χ0v) is 14.4. The van der Waals surface area contributed by atoms with Gasteiger partial charge in [0.25, 0.3) is 0 Å². The minimum atomic E-state index is 0.312. The second-order valence-corrected chi connectivity index (χ2v) is 5.67. The summed E-state index contributed by atoms with van der Waals surface area (Å²) < 4.78 is 5.81. The van der Waals surface area contributed by atoms with Crippen molar-refractivity contribution in [3.05, 3.63) is 29.8 Å². The lowest BCUT2D eigenvalue weighted by atomic mass is 10.0. The maximum atomic E-state index is 5.81. The van der Waals surface area contributed by atoms with Crippen LogP contribution in [0.1, 0.15) is 52.1 Å². The molecule has 0 fully saturated rings. The van der Waals surface area contributed by atoms with Gasteiger partial charge >= 0.3 is 0 Å². The van der Waals surface area contributed by atoms with Crippen molar-refractivity contribution >= 4 is 0 Å². The molecule has 0 spiro atoms. The van der Waals surface area contributed by atoms with E-state index in [9.17, 15) is 0 Å². The number of likely N-dealkylation sites (N-methyl/N-ethyl adjacent to an activating group) is 1. The van der Waals surface area contributed by atoms with E-state index in [4.69, 9.17) is 4.74 Å². The molecule has 0 radical (unpaired) electrons. The smallest absolute Gasteiger partial charge is 0.124 e. The SMILES string of the molecule is CCCNC(CN(C)C(C)CC)c1ccccc1OCC. The van der Waals surface area contributed by atoms with Gasteiger partial charge in [0.2, 0.25) is 0 Å². The summed E-state index contributed by atoms with van der Waals surface area (Å²) in [4.78, 5) is 2.43. The van der Waals surface area contributed by atoms with Crippen LogP contribution in [-0.4, -0.2) is 37.7 Å². The summed E-state index contributed by atoms with van der Waals surface area (Å²) in [6.07, 6.45) is 2.31. The van der Waals surface area contributed by atoms with Crippen LogP contribution in [0.3, 0.4) is 0 Å². The molecular weight excluding hydrogens is 260 g/mol. The van der Waals surface area contributed by atoms with Gasteiger partial charge in [-0.2, -0.15) is 0 Å². The van der Waals surface area contributed by atoms with Crippen molar-refractivity contribution in [3.8, 4) is 5.75 Å². The van der Waals surface area contributed by atoms with E-state index in [1.165, 1.54) is 12.0 Å². The molecule has 3 heteroatoms. The molecule has 0 aliphatic rings. The maximum absolute atomic E-state index is 5.81. The molecule has 0 aromatic heterocycles. The van der Waals surface area contributed by atoms with Crippen LogP contribution < -0.4 is 10.1 Å². The molecular formula is C18H32N2O. The first-order valence-corrected chi connectivity index (χ1v) is 8.29. The van der Waals surface area contributed by atoms with Crippen LogP contribution in [0.2, 0.25) is 0 Å². The summed E-state index contributed by atoms with van der Waals surface area (Å²) in [5.41, 5.74) is 1.27. The molecule has 0 aliphatic carbocycles. The van der Waals surface area contributed by atoms with Crippen LogP contribution in [-0.2, 0) is 0 Å². The number of ether oxygens (including phenoxy) is 1. The lowest BCUT2D eigenvalue weighted by molar-refractivity contribution is 0.221. The number of para-hydroxylation sites is 1. The molecule has 0 saturated carbocycles. The molecule has 0 saturated heterocycles. The molecule has 2 unspecified atom stereocenters. The van der Waals surface area contributed by atoms with E-state index < -0.39 is 0 Å². The van der Waals surface area contributed by atoms with Crippen molar-refractivity contribution in [2.24, 2.45) is 0 Å². The minimum Gasteiger partial charge on any atom is -0.494 e. The largest absolute Gasteiger partial charge is 0.494 e. The lowest BCUT2D eigenvalue weighted by Gasteiger charge is -2.30. The predicted octanol–water partition coefficient (Wildman–Crippen LogP) is 3.86. The van der Waals surface area contributed by atoms with Gasteiger partial charge in [0, 0.05) is 24.2 Å². The predicted molar refractivity (Wildman–Crippen MR) is 91.0 cm³/mol. The Morgan fingerprint density at radius 3 is 2.52 bits per heavy atom. The minimum absolute atomic E-state index is 0.312. The van der Waals surface area contributed by atoms with E-state index in [0.29, 0.717) is 18.7 Å². The van der Waals surface area contributed by atoms with Gasteiger partial charge in [-0.3, -0.25) is 0 Å². The number of hydrogen-bond donors (Lipinski definition) is 1. The van der Waals surface area contributed by atoms with E-state index in [-0.39, 0.29) is 0 Å². The zero-order valence-electron chi connectivity index (χ0n) is 14.4. The summed E-state index contributed by atoms with van der Waals surface area (Å²) >= 11 is 0. The first-order valence-electron chi connectivity index (χ1n) is 8.29. The van der Waals surface area contributed by atoms with E-state index >= 15 is 0 Å². The van der Waals surface area contributed by atoms with E-state index in [2.05, 4.69) is 56.2 Å². The van der Waals surface area contributed by atoms with Gasteiger partial charge in [-0.05, 0) is 46.3 Å². The van der Waals surface area contributed by atoms with Crippen LogP contribution in [0, 0.1) is 0 Å². The molecule has 1 N–H and O–H groups in total. The first kappa shape index (κ1) is 18.0. The second kappa shape index (κ2) is 9.80. The van der Waals surface area contributed by atoms with Crippen molar-refractivity contribution in [2.75, 3.05) is 26.7 Å². The number of hydrogen-bond acceptors (Lipinski definition) is 3. The molecule has 0 amide bonds. The lowest BCUT2D eigenvalue weighted by Crippen LogP contribution is -2.38. The highest BCUT2D eigenvalue weighted by Gasteiger charge is 2.19. The monoisotopic (exact) mass is 292 g/mol. The molecule has 1 aromatic rings. The Kier molecular flexibility index (Phi) is 8.40. The van der Waals surface area contributed by atoms with E-state index in [1.807, 2.05) is 13.0 Å². The Balaban J connectivity index is 2.90. The zero-order chi connectivity index (χ0) is 15.7. The number of rotatable bonds is 10. The van der Waals surface area contributed by atoms with Crippen LogP contribution in [0.15, 0.2) is 24.3 Å². The molecule has 1 rings (SSSR count). The molecule has 1 aromatic carbocycles. The normalized spacial score (nSPS) is 14.2. The Morgan fingerprint density at radius 2 is 1.90 bits per heavy atom. The van der Waals surface area contributed by atoms with Crippen molar-refractivity contribution in [3.63, 3.8) is 0 Å². The highest BCUT2D eigenvalue weighted by Crippen LogP contribution is 2.26. The van der Waals surface area contributed by atoms with Gasteiger partial charge in [0.05, 0.1) is 6.61 Å². The Morgan fingerprint density at radius 1 is 1.19 bits per heavy atom. The topological polar surface area (TPSA) is 24.5 Å². The molecule has 21 heavy (non-hydrogen) atoms. The first-order chi connectivity index (χ1) is 10.1. The highest BCUT2D eigenvalue weighted by atomic mass is 16.5. The fourth-order valence-electron chi connectivity index (χ4n) is 2.43. The number of nitrogens with zero attached hydrogens (tertiary/aromatic N) is 1. The third-order valence-electron chi connectivity index (χ3n) is 4.05. The van der Waals surface area contributed by atoms with Crippen molar-refractivity contribution in [1.29, 1.82) is 0 Å². The third kappa shape index (κ3) is 5.68. The van der Waals surface area contributed by atoms with E-state index in [1.54, 1.807) is 0 Å². The van der Waals surface area contributed by atoms with Crippen LogP contribution in [0.25, 0.3) is 0 Å². The van der Waals surface area contributed by atoms with Gasteiger partial charge in [-0.1, -0.05) is 32.0 Å². The van der Waals surface area contributed by atoms with Gasteiger partial charge in [0.15, 0.2) is 0 Å². The Hall–Kier alpha value is -1.06. The van der Waals surface area contributed by atoms with Crippen LogP contribution in [0.5, 0.6) is 5.75 Å². The maximum Gasteiger partial charge on any atom is 0.124 e. The fraction of sp³-hybridized carbons (Fsp3) is 0.667. The number of nitrogens with one attached hydrogen (secondary N) is 1. The standard InChI is InChI=1S/C18H32N2O/c1-6-13-19-17(14-20(5)15(4)7-2)16-11-9-10-12-18(16)21-8-3/h9-12,15,17,19H,6-8,13-14H2,1-5H3. The van der Waals surface area contributed by atoms with Crippen LogP contribution in [0.4, 0.5) is 0 Å². The Labute approximate surface area is 130 Å².